The summed E-state index contributed by atoms with van der Waals surface area (Å²) in [6.07, 6.45) is 0.955. The SMILES string of the molecule is COc1cc(NCCc2ccccc2)ccc1NC(C)=O. The highest BCUT2D eigenvalue weighted by Crippen LogP contribution is 2.27. The van der Waals surface area contributed by atoms with E-state index in [1.54, 1.807) is 7.11 Å². The predicted molar refractivity (Wildman–Crippen MR) is 85.9 cm³/mol. The van der Waals surface area contributed by atoms with Gasteiger partial charge in [0.25, 0.3) is 0 Å². The molecule has 0 fully saturated rings. The molecule has 0 unspecified atom stereocenters. The van der Waals surface area contributed by atoms with Crippen LogP contribution in [0.25, 0.3) is 0 Å². The van der Waals surface area contributed by atoms with Gasteiger partial charge < -0.3 is 15.4 Å². The largest absolute Gasteiger partial charge is 0.494 e. The fourth-order valence-corrected chi connectivity index (χ4v) is 2.09. The van der Waals surface area contributed by atoms with Gasteiger partial charge in [-0.05, 0) is 24.1 Å². The molecule has 4 nitrogen and oxygen atoms in total. The van der Waals surface area contributed by atoms with E-state index in [2.05, 4.69) is 22.8 Å². The molecule has 0 saturated heterocycles. The Labute approximate surface area is 125 Å². The number of benzene rings is 2. The van der Waals surface area contributed by atoms with Gasteiger partial charge in [-0.2, -0.15) is 0 Å². The van der Waals surface area contributed by atoms with E-state index in [1.807, 2.05) is 36.4 Å². The second kappa shape index (κ2) is 7.33. The molecule has 2 aromatic carbocycles. The van der Waals surface area contributed by atoms with Crippen LogP contribution in [-0.4, -0.2) is 19.6 Å². The third-order valence-electron chi connectivity index (χ3n) is 3.10. The zero-order valence-electron chi connectivity index (χ0n) is 12.3. The zero-order valence-corrected chi connectivity index (χ0v) is 12.3. The van der Waals surface area contributed by atoms with Crippen molar-refractivity contribution in [2.75, 3.05) is 24.3 Å². The maximum Gasteiger partial charge on any atom is 0.221 e. The Hall–Kier alpha value is -2.49. The Balaban J connectivity index is 1.96. The van der Waals surface area contributed by atoms with Crippen LogP contribution < -0.4 is 15.4 Å². The fraction of sp³-hybridized carbons (Fsp3) is 0.235. The minimum Gasteiger partial charge on any atom is -0.494 e. The highest BCUT2D eigenvalue weighted by Gasteiger charge is 2.05. The molecule has 0 aromatic heterocycles. The summed E-state index contributed by atoms with van der Waals surface area (Å²) in [5, 5.41) is 6.10. The first-order chi connectivity index (χ1) is 10.2. The van der Waals surface area contributed by atoms with Crippen LogP contribution in [0, 0.1) is 0 Å². The molecular weight excluding hydrogens is 264 g/mol. The Morgan fingerprint density at radius 2 is 1.90 bits per heavy atom. The van der Waals surface area contributed by atoms with Crippen molar-refractivity contribution >= 4 is 17.3 Å². The topological polar surface area (TPSA) is 50.4 Å². The van der Waals surface area contributed by atoms with E-state index >= 15 is 0 Å². The molecule has 0 heterocycles. The van der Waals surface area contributed by atoms with Gasteiger partial charge >= 0.3 is 0 Å². The Morgan fingerprint density at radius 3 is 2.57 bits per heavy atom. The van der Waals surface area contributed by atoms with Crippen LogP contribution in [0.5, 0.6) is 5.75 Å². The van der Waals surface area contributed by atoms with E-state index < -0.39 is 0 Å². The maximum absolute atomic E-state index is 11.1. The van der Waals surface area contributed by atoms with Crippen molar-refractivity contribution in [2.45, 2.75) is 13.3 Å². The third kappa shape index (κ3) is 4.53. The normalized spacial score (nSPS) is 10.0. The number of rotatable bonds is 6. The van der Waals surface area contributed by atoms with Crippen LogP contribution in [0.15, 0.2) is 48.5 Å². The molecule has 0 spiro atoms. The van der Waals surface area contributed by atoms with Gasteiger partial charge in [0.2, 0.25) is 5.91 Å². The predicted octanol–water partition coefficient (Wildman–Crippen LogP) is 3.31. The van der Waals surface area contributed by atoms with Gasteiger partial charge in [0.15, 0.2) is 0 Å². The molecule has 4 heteroatoms. The molecular formula is C17H20N2O2. The van der Waals surface area contributed by atoms with Crippen LogP contribution in [0.3, 0.4) is 0 Å². The molecule has 2 aromatic rings. The molecule has 0 saturated carbocycles. The number of hydrogen-bond donors (Lipinski definition) is 2. The fourth-order valence-electron chi connectivity index (χ4n) is 2.09. The van der Waals surface area contributed by atoms with Crippen molar-refractivity contribution in [1.82, 2.24) is 0 Å². The molecule has 0 aliphatic carbocycles. The van der Waals surface area contributed by atoms with E-state index in [0.29, 0.717) is 11.4 Å². The minimum atomic E-state index is -0.113. The van der Waals surface area contributed by atoms with Gasteiger partial charge in [0.1, 0.15) is 5.75 Å². The van der Waals surface area contributed by atoms with Gasteiger partial charge in [-0.1, -0.05) is 30.3 Å². The number of carbonyl (C=O) groups excluding carboxylic acids is 1. The first-order valence-electron chi connectivity index (χ1n) is 6.92. The summed E-state index contributed by atoms with van der Waals surface area (Å²) >= 11 is 0. The monoisotopic (exact) mass is 284 g/mol. The summed E-state index contributed by atoms with van der Waals surface area (Å²) in [7, 11) is 1.59. The lowest BCUT2D eigenvalue weighted by molar-refractivity contribution is -0.114. The van der Waals surface area contributed by atoms with Gasteiger partial charge in [-0.3, -0.25) is 4.79 Å². The van der Waals surface area contributed by atoms with Crippen molar-refractivity contribution < 1.29 is 9.53 Å². The lowest BCUT2D eigenvalue weighted by atomic mass is 10.1. The van der Waals surface area contributed by atoms with E-state index in [9.17, 15) is 4.79 Å². The average Bonchev–Trinajstić information content (AvgIpc) is 2.49. The molecule has 2 rings (SSSR count). The summed E-state index contributed by atoms with van der Waals surface area (Å²) in [5.41, 5.74) is 2.95. The van der Waals surface area contributed by atoms with Crippen molar-refractivity contribution in [1.29, 1.82) is 0 Å². The van der Waals surface area contributed by atoms with Crippen molar-refractivity contribution in [3.8, 4) is 5.75 Å². The van der Waals surface area contributed by atoms with E-state index in [4.69, 9.17) is 4.74 Å². The highest BCUT2D eigenvalue weighted by molar-refractivity contribution is 5.90. The van der Waals surface area contributed by atoms with Crippen molar-refractivity contribution in [3.05, 3.63) is 54.1 Å². The maximum atomic E-state index is 11.1. The second-order valence-electron chi connectivity index (χ2n) is 4.76. The first-order valence-corrected chi connectivity index (χ1v) is 6.92. The molecule has 1 amide bonds. The zero-order chi connectivity index (χ0) is 15.1. The van der Waals surface area contributed by atoms with Crippen LogP contribution in [0.4, 0.5) is 11.4 Å². The van der Waals surface area contributed by atoms with Gasteiger partial charge in [-0.15, -0.1) is 0 Å². The van der Waals surface area contributed by atoms with E-state index in [0.717, 1.165) is 18.7 Å². The van der Waals surface area contributed by atoms with Crippen LogP contribution >= 0.6 is 0 Å². The Morgan fingerprint density at radius 1 is 1.14 bits per heavy atom. The molecule has 0 radical (unpaired) electrons. The molecule has 0 bridgehead atoms. The van der Waals surface area contributed by atoms with Gasteiger partial charge in [-0.25, -0.2) is 0 Å². The van der Waals surface area contributed by atoms with Crippen LogP contribution in [-0.2, 0) is 11.2 Å². The number of carbonyl (C=O) groups is 1. The third-order valence-corrected chi connectivity index (χ3v) is 3.10. The number of hydrogen-bond acceptors (Lipinski definition) is 3. The lowest BCUT2D eigenvalue weighted by Crippen LogP contribution is -2.08. The number of ether oxygens (including phenoxy) is 1. The number of methoxy groups -OCH3 is 1. The average molecular weight is 284 g/mol. The number of amides is 1. The Bertz CT molecular complexity index is 597. The van der Waals surface area contributed by atoms with Crippen LogP contribution in [0.1, 0.15) is 12.5 Å². The van der Waals surface area contributed by atoms with E-state index in [1.165, 1.54) is 12.5 Å². The second-order valence-corrected chi connectivity index (χ2v) is 4.76. The standard InChI is InChI=1S/C17H20N2O2/c1-13(20)19-16-9-8-15(12-17(16)21-2)18-11-10-14-6-4-3-5-7-14/h3-9,12,18H,10-11H2,1-2H3,(H,19,20). The highest BCUT2D eigenvalue weighted by atomic mass is 16.5. The summed E-state index contributed by atoms with van der Waals surface area (Å²) in [6.45, 7) is 2.32. The summed E-state index contributed by atoms with van der Waals surface area (Å²) in [5.74, 6) is 0.535. The number of anilines is 2. The minimum absolute atomic E-state index is 0.113. The van der Waals surface area contributed by atoms with Gasteiger partial charge in [0, 0.05) is 25.2 Å². The summed E-state index contributed by atoms with van der Waals surface area (Å²) < 4.78 is 5.30. The Kier molecular flexibility index (Phi) is 5.21. The molecule has 0 aliphatic rings. The van der Waals surface area contributed by atoms with Crippen molar-refractivity contribution in [2.24, 2.45) is 0 Å². The smallest absolute Gasteiger partial charge is 0.221 e. The lowest BCUT2D eigenvalue weighted by Gasteiger charge is -2.12. The van der Waals surface area contributed by atoms with Crippen molar-refractivity contribution in [3.63, 3.8) is 0 Å². The number of nitrogens with one attached hydrogen (secondary N) is 2. The summed E-state index contributed by atoms with van der Waals surface area (Å²) in [4.78, 5) is 11.1. The first kappa shape index (κ1) is 14.9. The van der Waals surface area contributed by atoms with Gasteiger partial charge in [0.05, 0.1) is 12.8 Å². The quantitative estimate of drug-likeness (QED) is 0.855. The van der Waals surface area contributed by atoms with E-state index in [-0.39, 0.29) is 5.91 Å². The molecule has 21 heavy (non-hydrogen) atoms. The summed E-state index contributed by atoms with van der Waals surface area (Å²) in [6, 6.07) is 16.0. The molecule has 0 atom stereocenters. The molecule has 110 valence electrons. The van der Waals surface area contributed by atoms with Crippen LogP contribution in [0.2, 0.25) is 0 Å². The molecule has 0 aliphatic heterocycles. The molecule has 2 N–H and O–H groups in total.